The highest BCUT2D eigenvalue weighted by Crippen LogP contribution is 2.32. The van der Waals surface area contributed by atoms with E-state index in [9.17, 15) is 4.79 Å². The van der Waals surface area contributed by atoms with Crippen LogP contribution in [0.25, 0.3) is 10.9 Å². The largest absolute Gasteiger partial charge is 0.316 e. The predicted octanol–water partition coefficient (Wildman–Crippen LogP) is 8.34. The highest BCUT2D eigenvalue weighted by Gasteiger charge is 2.23. The molecule has 0 bridgehead atoms. The van der Waals surface area contributed by atoms with Crippen molar-refractivity contribution in [1.82, 2.24) is 9.88 Å². The Morgan fingerprint density at radius 2 is 1.74 bits per heavy atom. The molecule has 1 saturated heterocycles. The van der Waals surface area contributed by atoms with Gasteiger partial charge < -0.3 is 5.32 Å². The van der Waals surface area contributed by atoms with Crippen LogP contribution in [0.2, 0.25) is 0 Å². The highest BCUT2D eigenvalue weighted by molar-refractivity contribution is 5.95. The maximum atomic E-state index is 13.1. The Balaban J connectivity index is 1.39. The van der Waals surface area contributed by atoms with Gasteiger partial charge in [0.05, 0.1) is 5.52 Å². The molecule has 0 radical (unpaired) electrons. The van der Waals surface area contributed by atoms with Crippen LogP contribution in [0.5, 0.6) is 0 Å². The summed E-state index contributed by atoms with van der Waals surface area (Å²) in [6, 6.07) is 6.65. The molecule has 0 aliphatic carbocycles. The number of rotatable bonds is 15. The Bertz CT molecular complexity index is 930. The zero-order valence-electron chi connectivity index (χ0n) is 21.7. The second-order valence-electron chi connectivity index (χ2n) is 9.90. The van der Waals surface area contributed by atoms with E-state index in [1.165, 1.54) is 61.5 Å². The molecular weight excluding hydrogens is 416 g/mol. The van der Waals surface area contributed by atoms with Crippen LogP contribution < -0.4 is 5.32 Å². The van der Waals surface area contributed by atoms with Crippen LogP contribution in [-0.4, -0.2) is 23.6 Å². The first-order valence-corrected chi connectivity index (χ1v) is 13.9. The van der Waals surface area contributed by atoms with Crippen molar-refractivity contribution < 1.29 is 4.79 Å². The fraction of sp³-hybridized carbons (Fsp3) is 0.581. The van der Waals surface area contributed by atoms with Gasteiger partial charge in [-0.25, -0.2) is 0 Å². The number of aromatic nitrogens is 1. The number of fused-ring (bicyclic) bond motifs is 1. The minimum Gasteiger partial charge on any atom is -0.316 e. The topological polar surface area (TPSA) is 34.0 Å². The number of carbonyl (C=O) groups is 1. The first-order chi connectivity index (χ1) is 16.7. The smallest absolute Gasteiger partial charge is 0.231 e. The van der Waals surface area contributed by atoms with Crippen molar-refractivity contribution in [2.24, 2.45) is 0 Å². The molecule has 1 atom stereocenters. The van der Waals surface area contributed by atoms with Crippen molar-refractivity contribution in [1.29, 1.82) is 0 Å². The fourth-order valence-corrected chi connectivity index (χ4v) is 5.03. The van der Waals surface area contributed by atoms with Crippen molar-refractivity contribution in [2.75, 3.05) is 13.1 Å². The minimum absolute atomic E-state index is 0.250. The maximum Gasteiger partial charge on any atom is 0.231 e. The van der Waals surface area contributed by atoms with Gasteiger partial charge in [0.25, 0.3) is 0 Å². The van der Waals surface area contributed by atoms with Crippen LogP contribution >= 0.6 is 0 Å². The van der Waals surface area contributed by atoms with E-state index in [-0.39, 0.29) is 5.91 Å². The van der Waals surface area contributed by atoms with Crippen LogP contribution in [0.15, 0.2) is 48.7 Å². The molecule has 1 fully saturated rings. The number of carbonyl (C=O) groups excluding carboxylic acids is 1. The lowest BCUT2D eigenvalue weighted by atomic mass is 9.97. The van der Waals surface area contributed by atoms with E-state index in [1.807, 2.05) is 4.57 Å². The molecule has 3 nitrogen and oxygen atoms in total. The average Bonchev–Trinajstić information content (AvgIpc) is 3.51. The number of nitrogens with zero attached hydrogens (tertiary/aromatic N) is 1. The van der Waals surface area contributed by atoms with Gasteiger partial charge in [-0.15, -0.1) is 0 Å². The average molecular weight is 463 g/mol. The lowest BCUT2D eigenvalue weighted by Gasteiger charge is -2.07. The van der Waals surface area contributed by atoms with Gasteiger partial charge in [-0.1, -0.05) is 76.3 Å². The molecule has 1 unspecified atom stereocenters. The summed E-state index contributed by atoms with van der Waals surface area (Å²) < 4.78 is 1.95. The molecule has 3 rings (SSSR count). The first kappa shape index (κ1) is 26.5. The second kappa shape index (κ2) is 15.0. The van der Waals surface area contributed by atoms with Crippen LogP contribution in [0.3, 0.4) is 0 Å². The van der Waals surface area contributed by atoms with E-state index in [0.29, 0.717) is 12.3 Å². The Hall–Kier alpha value is -2.13. The van der Waals surface area contributed by atoms with E-state index in [2.05, 4.69) is 67.9 Å². The molecule has 2 aromatic rings. The molecule has 1 aromatic carbocycles. The predicted molar refractivity (Wildman–Crippen MR) is 147 cm³/mol. The zero-order chi connectivity index (χ0) is 24.0. The SMILES string of the molecule is CCCCC/C=C\C=C/CCCCCCCC(=O)n1cc(C2CCNC2)c2cc(CC)ccc21. The molecule has 186 valence electrons. The van der Waals surface area contributed by atoms with E-state index in [0.717, 1.165) is 50.7 Å². The van der Waals surface area contributed by atoms with Gasteiger partial charge in [-0.2, -0.15) is 0 Å². The third-order valence-electron chi connectivity index (χ3n) is 7.20. The van der Waals surface area contributed by atoms with E-state index < -0.39 is 0 Å². The molecule has 1 aliphatic rings. The Morgan fingerprint density at radius 3 is 2.44 bits per heavy atom. The summed E-state index contributed by atoms with van der Waals surface area (Å²) >= 11 is 0. The normalized spacial score (nSPS) is 16.5. The van der Waals surface area contributed by atoms with Gasteiger partial charge in [0.1, 0.15) is 0 Å². The molecule has 1 aromatic heterocycles. The molecule has 34 heavy (non-hydrogen) atoms. The molecule has 0 spiro atoms. The summed E-state index contributed by atoms with van der Waals surface area (Å²) in [6.07, 6.45) is 26.1. The van der Waals surface area contributed by atoms with Gasteiger partial charge >= 0.3 is 0 Å². The van der Waals surface area contributed by atoms with Crippen molar-refractivity contribution in [3.8, 4) is 0 Å². The second-order valence-corrected chi connectivity index (χ2v) is 9.90. The number of aryl methyl sites for hydroxylation is 1. The molecule has 3 heteroatoms. The molecule has 1 aliphatic heterocycles. The zero-order valence-corrected chi connectivity index (χ0v) is 21.7. The fourth-order valence-electron chi connectivity index (χ4n) is 5.03. The van der Waals surface area contributed by atoms with E-state index in [1.54, 1.807) is 0 Å². The molecule has 0 amide bonds. The summed E-state index contributed by atoms with van der Waals surface area (Å²) in [5.41, 5.74) is 3.80. The van der Waals surface area contributed by atoms with Crippen LogP contribution in [0.1, 0.15) is 113 Å². The molecule has 0 saturated carbocycles. The van der Waals surface area contributed by atoms with Crippen LogP contribution in [0, 0.1) is 0 Å². The third kappa shape index (κ3) is 7.98. The molecule has 1 N–H and O–H groups in total. The summed E-state index contributed by atoms with van der Waals surface area (Å²) in [6.45, 7) is 6.54. The minimum atomic E-state index is 0.250. The molecule has 2 heterocycles. The maximum absolute atomic E-state index is 13.1. The van der Waals surface area contributed by atoms with Gasteiger partial charge in [0.15, 0.2) is 0 Å². The quantitative estimate of drug-likeness (QED) is 0.213. The van der Waals surface area contributed by atoms with E-state index in [4.69, 9.17) is 0 Å². The van der Waals surface area contributed by atoms with Crippen molar-refractivity contribution in [3.63, 3.8) is 0 Å². The summed E-state index contributed by atoms with van der Waals surface area (Å²) in [5, 5.41) is 4.77. The highest BCUT2D eigenvalue weighted by atomic mass is 16.2. The summed E-state index contributed by atoms with van der Waals surface area (Å²) in [7, 11) is 0. The summed E-state index contributed by atoms with van der Waals surface area (Å²) in [4.78, 5) is 13.1. The van der Waals surface area contributed by atoms with Crippen molar-refractivity contribution in [2.45, 2.75) is 103 Å². The lowest BCUT2D eigenvalue weighted by Crippen LogP contribution is -2.09. The number of nitrogens with one attached hydrogen (secondary N) is 1. The van der Waals surface area contributed by atoms with Crippen LogP contribution in [-0.2, 0) is 6.42 Å². The number of allylic oxidation sites excluding steroid dienone is 4. The van der Waals surface area contributed by atoms with Gasteiger partial charge in [-0.3, -0.25) is 9.36 Å². The first-order valence-electron chi connectivity index (χ1n) is 13.9. The number of unbranched alkanes of at least 4 members (excludes halogenated alkanes) is 8. The van der Waals surface area contributed by atoms with Gasteiger partial charge in [-0.05, 0) is 80.7 Å². The summed E-state index contributed by atoms with van der Waals surface area (Å²) in [5.74, 6) is 0.773. The molecular formula is C31H46N2O. The lowest BCUT2D eigenvalue weighted by molar-refractivity contribution is 0.0904. The Labute approximate surface area is 207 Å². The Morgan fingerprint density at radius 1 is 1.00 bits per heavy atom. The van der Waals surface area contributed by atoms with Gasteiger partial charge in [0.2, 0.25) is 5.91 Å². The third-order valence-corrected chi connectivity index (χ3v) is 7.20. The number of benzene rings is 1. The Kier molecular flexibility index (Phi) is 11.7. The number of hydrogen-bond donors (Lipinski definition) is 1. The monoisotopic (exact) mass is 462 g/mol. The standard InChI is InChI=1S/C31H46N2O/c1-3-5-6-7-8-9-10-11-12-13-14-15-16-17-18-31(34)33-25-29(27-21-22-32-24-27)28-23-26(4-2)19-20-30(28)33/h8-11,19-20,23,25,27,32H,3-7,12-18,21-22,24H2,1-2H3/b9-8-,11-10-. The van der Waals surface area contributed by atoms with Crippen molar-refractivity contribution >= 4 is 16.8 Å². The van der Waals surface area contributed by atoms with Crippen LogP contribution in [0.4, 0.5) is 0 Å². The van der Waals surface area contributed by atoms with Crippen molar-refractivity contribution in [3.05, 3.63) is 59.8 Å². The van der Waals surface area contributed by atoms with Gasteiger partial charge in [0, 0.05) is 24.5 Å². The number of hydrogen-bond acceptors (Lipinski definition) is 2. The van der Waals surface area contributed by atoms with E-state index >= 15 is 0 Å².